The van der Waals surface area contributed by atoms with Crippen LogP contribution < -0.4 is 4.74 Å². The van der Waals surface area contributed by atoms with Gasteiger partial charge in [-0.1, -0.05) is 12.1 Å². The van der Waals surface area contributed by atoms with Gasteiger partial charge in [0.1, 0.15) is 11.5 Å². The minimum absolute atomic E-state index is 0.259. The minimum atomic E-state index is -0.259. The average Bonchev–Trinajstić information content (AvgIpc) is 2.70. The number of allylic oxidation sites excluding steroid dienone is 1. The molecule has 0 unspecified atom stereocenters. The first-order valence-corrected chi connectivity index (χ1v) is 5.23. The maximum atomic E-state index is 11.1. The quantitative estimate of drug-likeness (QED) is 0.793. The summed E-state index contributed by atoms with van der Waals surface area (Å²) in [5, 5.41) is 0. The number of rotatable bonds is 4. The molecule has 1 aliphatic rings. The Morgan fingerprint density at radius 2 is 1.82 bits per heavy atom. The molecule has 0 aromatic heterocycles. The van der Waals surface area contributed by atoms with E-state index in [1.165, 1.54) is 13.2 Å². The van der Waals surface area contributed by atoms with Gasteiger partial charge in [-0.25, -0.2) is 4.99 Å². The fraction of sp³-hybridized carbons (Fsp3) is 0.231. The lowest BCUT2D eigenvalue weighted by atomic mass is 10.1. The summed E-state index contributed by atoms with van der Waals surface area (Å²) in [5.41, 5.74) is 1.73. The minimum Gasteiger partial charge on any atom is -0.497 e. The molecule has 1 aromatic carbocycles. The van der Waals surface area contributed by atoms with E-state index in [0.29, 0.717) is 17.9 Å². The molecule has 0 N–H and O–H groups in total. The Morgan fingerprint density at radius 3 is 2.41 bits per heavy atom. The molecular formula is C13H13NO3. The fourth-order valence-electron chi connectivity index (χ4n) is 1.66. The fourth-order valence-corrected chi connectivity index (χ4v) is 1.66. The molecule has 4 nitrogen and oxygen atoms in total. The molecule has 88 valence electrons. The van der Waals surface area contributed by atoms with Gasteiger partial charge in [0, 0.05) is 12.5 Å². The summed E-state index contributed by atoms with van der Waals surface area (Å²) in [4.78, 5) is 15.1. The van der Waals surface area contributed by atoms with Crippen LogP contribution in [-0.2, 0) is 16.0 Å². The third-order valence-electron chi connectivity index (χ3n) is 2.53. The molecule has 4 heteroatoms. The number of methoxy groups -OCH3 is 2. The monoisotopic (exact) mass is 231 g/mol. The predicted octanol–water partition coefficient (Wildman–Crippen LogP) is 1.75. The zero-order chi connectivity index (χ0) is 12.3. The number of hydrogen-bond acceptors (Lipinski definition) is 3. The number of ether oxygens (including phenoxy) is 2. The van der Waals surface area contributed by atoms with Gasteiger partial charge in [0.2, 0.25) is 0 Å². The van der Waals surface area contributed by atoms with Gasteiger partial charge in [-0.2, -0.15) is 0 Å². The summed E-state index contributed by atoms with van der Waals surface area (Å²) < 4.78 is 10.2. The Labute approximate surface area is 99.6 Å². The molecule has 0 aliphatic carbocycles. The van der Waals surface area contributed by atoms with Crippen LogP contribution in [0.4, 0.5) is 0 Å². The lowest BCUT2D eigenvalue weighted by Gasteiger charge is -2.06. The topological polar surface area (TPSA) is 47.9 Å². The van der Waals surface area contributed by atoms with Crippen molar-refractivity contribution in [3.63, 3.8) is 0 Å². The van der Waals surface area contributed by atoms with Crippen LogP contribution in [-0.4, -0.2) is 25.8 Å². The molecule has 0 saturated carbocycles. The third-order valence-corrected chi connectivity index (χ3v) is 2.53. The SMILES string of the molecule is COC1=CC(=O)N=C1Cc1ccc(OC)cc1. The summed E-state index contributed by atoms with van der Waals surface area (Å²) in [7, 11) is 3.16. The van der Waals surface area contributed by atoms with Crippen molar-refractivity contribution in [1.29, 1.82) is 0 Å². The van der Waals surface area contributed by atoms with Crippen molar-refractivity contribution >= 4 is 11.6 Å². The number of nitrogens with zero attached hydrogens (tertiary/aromatic N) is 1. The highest BCUT2D eigenvalue weighted by Gasteiger charge is 2.17. The standard InChI is InChI=1S/C13H13NO3/c1-16-10-5-3-9(4-6-10)7-11-12(17-2)8-13(15)14-11/h3-6,8H,7H2,1-2H3. The lowest BCUT2D eigenvalue weighted by Crippen LogP contribution is -2.05. The van der Waals surface area contributed by atoms with E-state index in [1.807, 2.05) is 24.3 Å². The molecule has 0 atom stereocenters. The van der Waals surface area contributed by atoms with Crippen LogP contribution in [0.15, 0.2) is 41.1 Å². The van der Waals surface area contributed by atoms with Gasteiger partial charge in [-0.15, -0.1) is 0 Å². The first-order valence-electron chi connectivity index (χ1n) is 5.23. The number of carbonyl (C=O) groups excluding carboxylic acids is 1. The zero-order valence-electron chi connectivity index (χ0n) is 9.77. The van der Waals surface area contributed by atoms with Crippen LogP contribution in [0.2, 0.25) is 0 Å². The summed E-state index contributed by atoms with van der Waals surface area (Å²) in [5.74, 6) is 1.09. The highest BCUT2D eigenvalue weighted by atomic mass is 16.5. The molecule has 1 amide bonds. The smallest absolute Gasteiger partial charge is 0.273 e. The molecule has 0 bridgehead atoms. The molecule has 0 spiro atoms. The first kappa shape index (κ1) is 11.4. The Hall–Kier alpha value is -2.10. The number of aliphatic imine (C=N–C) groups is 1. The van der Waals surface area contributed by atoms with Gasteiger partial charge in [-0.05, 0) is 17.7 Å². The molecule has 17 heavy (non-hydrogen) atoms. The summed E-state index contributed by atoms with van der Waals surface area (Å²) in [6, 6.07) is 7.64. The van der Waals surface area contributed by atoms with Crippen molar-refractivity contribution in [2.75, 3.05) is 14.2 Å². The highest BCUT2D eigenvalue weighted by Crippen LogP contribution is 2.16. The Kier molecular flexibility index (Phi) is 3.23. The van der Waals surface area contributed by atoms with Gasteiger partial charge in [0.15, 0.2) is 0 Å². The van der Waals surface area contributed by atoms with Crippen LogP contribution in [0.3, 0.4) is 0 Å². The Morgan fingerprint density at radius 1 is 1.12 bits per heavy atom. The summed E-state index contributed by atoms with van der Waals surface area (Å²) >= 11 is 0. The molecular weight excluding hydrogens is 218 g/mol. The van der Waals surface area contributed by atoms with E-state index in [2.05, 4.69) is 4.99 Å². The van der Waals surface area contributed by atoms with Crippen molar-refractivity contribution in [2.45, 2.75) is 6.42 Å². The normalized spacial score (nSPS) is 14.4. The highest BCUT2D eigenvalue weighted by molar-refractivity contribution is 6.16. The van der Waals surface area contributed by atoms with E-state index in [1.54, 1.807) is 7.11 Å². The maximum absolute atomic E-state index is 11.1. The zero-order valence-corrected chi connectivity index (χ0v) is 9.77. The Bertz CT molecular complexity index is 486. The van der Waals surface area contributed by atoms with E-state index >= 15 is 0 Å². The second-order valence-electron chi connectivity index (χ2n) is 3.63. The van der Waals surface area contributed by atoms with E-state index < -0.39 is 0 Å². The van der Waals surface area contributed by atoms with Crippen molar-refractivity contribution in [3.8, 4) is 5.75 Å². The molecule has 2 rings (SSSR count). The second kappa shape index (κ2) is 4.82. The molecule has 0 radical (unpaired) electrons. The molecule has 1 aromatic rings. The van der Waals surface area contributed by atoms with E-state index in [9.17, 15) is 4.79 Å². The first-order chi connectivity index (χ1) is 8.22. The number of hydrogen-bond donors (Lipinski definition) is 0. The van der Waals surface area contributed by atoms with Gasteiger partial charge >= 0.3 is 0 Å². The van der Waals surface area contributed by atoms with E-state index in [-0.39, 0.29) is 5.91 Å². The van der Waals surface area contributed by atoms with Crippen molar-refractivity contribution < 1.29 is 14.3 Å². The van der Waals surface area contributed by atoms with Crippen molar-refractivity contribution in [1.82, 2.24) is 0 Å². The van der Waals surface area contributed by atoms with Gasteiger partial charge in [0.25, 0.3) is 5.91 Å². The average molecular weight is 231 g/mol. The summed E-state index contributed by atoms with van der Waals surface area (Å²) in [6.45, 7) is 0. The molecule has 1 heterocycles. The van der Waals surface area contributed by atoms with Crippen LogP contribution >= 0.6 is 0 Å². The third kappa shape index (κ3) is 2.53. The van der Waals surface area contributed by atoms with Gasteiger partial charge < -0.3 is 9.47 Å². The molecule has 1 aliphatic heterocycles. The number of benzene rings is 1. The van der Waals surface area contributed by atoms with Crippen molar-refractivity contribution in [2.24, 2.45) is 4.99 Å². The lowest BCUT2D eigenvalue weighted by molar-refractivity contribution is -0.113. The van der Waals surface area contributed by atoms with E-state index in [0.717, 1.165) is 11.3 Å². The summed E-state index contributed by atoms with van der Waals surface area (Å²) in [6.07, 6.45) is 1.98. The van der Waals surface area contributed by atoms with Crippen LogP contribution in [0.1, 0.15) is 5.56 Å². The largest absolute Gasteiger partial charge is 0.497 e. The maximum Gasteiger partial charge on any atom is 0.273 e. The van der Waals surface area contributed by atoms with Crippen LogP contribution in [0.5, 0.6) is 5.75 Å². The van der Waals surface area contributed by atoms with Crippen LogP contribution in [0.25, 0.3) is 0 Å². The molecule has 0 saturated heterocycles. The van der Waals surface area contributed by atoms with Gasteiger partial charge in [0.05, 0.1) is 19.9 Å². The second-order valence-corrected chi connectivity index (χ2v) is 3.63. The Balaban J connectivity index is 2.13. The van der Waals surface area contributed by atoms with E-state index in [4.69, 9.17) is 9.47 Å². The molecule has 0 fully saturated rings. The predicted molar refractivity (Wildman–Crippen MR) is 64.2 cm³/mol. The van der Waals surface area contributed by atoms with Crippen LogP contribution in [0, 0.1) is 0 Å². The van der Waals surface area contributed by atoms with Crippen molar-refractivity contribution in [3.05, 3.63) is 41.7 Å². The number of amides is 1. The number of carbonyl (C=O) groups is 1. The van der Waals surface area contributed by atoms with Gasteiger partial charge in [-0.3, -0.25) is 4.79 Å².